The van der Waals surface area contributed by atoms with Crippen LogP contribution in [0.4, 0.5) is 0 Å². The molecule has 1 rings (SSSR count). The van der Waals surface area contributed by atoms with Gasteiger partial charge in [0.05, 0.1) is 10.8 Å². The van der Waals surface area contributed by atoms with E-state index in [2.05, 4.69) is 15.9 Å². The zero-order chi connectivity index (χ0) is 15.8. The molecule has 0 spiro atoms. The van der Waals surface area contributed by atoms with Gasteiger partial charge in [0.15, 0.2) is 0 Å². The highest BCUT2D eigenvalue weighted by Gasteiger charge is 2.15. The summed E-state index contributed by atoms with van der Waals surface area (Å²) in [6.45, 7) is 1.81. The Bertz CT molecular complexity index is 518. The molecule has 116 valence electrons. The third kappa shape index (κ3) is 6.39. The van der Waals surface area contributed by atoms with E-state index in [1.807, 2.05) is 12.1 Å². The van der Waals surface area contributed by atoms with Crippen LogP contribution >= 0.6 is 15.9 Å². The summed E-state index contributed by atoms with van der Waals surface area (Å²) in [7, 11) is -1.14. The summed E-state index contributed by atoms with van der Waals surface area (Å²) in [6.07, 6.45) is 0.682. The molecular weight excluding hydrogens is 358 g/mol. The number of carbonyl (C=O) groups is 2. The van der Waals surface area contributed by atoms with E-state index in [1.165, 1.54) is 4.90 Å². The highest BCUT2D eigenvalue weighted by Crippen LogP contribution is 2.14. The predicted molar refractivity (Wildman–Crippen MR) is 84.5 cm³/mol. The van der Waals surface area contributed by atoms with Crippen LogP contribution in [0.3, 0.4) is 0 Å². The van der Waals surface area contributed by atoms with Crippen LogP contribution in [0.25, 0.3) is 0 Å². The number of likely N-dealkylation sites (N-methyl/N-ethyl adjacent to an activating group) is 1. The zero-order valence-electron chi connectivity index (χ0n) is 11.8. The largest absolute Gasteiger partial charge is 0.480 e. The molecule has 0 fully saturated rings. The second-order valence-electron chi connectivity index (χ2n) is 4.41. The minimum absolute atomic E-state index is 0.212. The third-order valence-corrected chi connectivity index (χ3v) is 4.84. The van der Waals surface area contributed by atoms with Gasteiger partial charge in [-0.1, -0.05) is 15.9 Å². The number of carboxylic acid groups (broad SMARTS) is 1. The first-order valence-electron chi connectivity index (χ1n) is 6.57. The Morgan fingerprint density at radius 3 is 2.43 bits per heavy atom. The standard InChI is InChI=1S/C14H18BrNO4S/c1-2-16(10-14(18)19)13(17)4-3-9-21(20)12-7-5-11(15)6-8-12/h5-8H,2-4,9-10H2,1H3,(H,18,19). The maximum Gasteiger partial charge on any atom is 0.323 e. The lowest BCUT2D eigenvalue weighted by Gasteiger charge is -2.18. The van der Waals surface area contributed by atoms with E-state index in [0.717, 1.165) is 9.37 Å². The van der Waals surface area contributed by atoms with Gasteiger partial charge in [-0.25, -0.2) is 0 Å². The van der Waals surface area contributed by atoms with Crippen LogP contribution in [-0.2, 0) is 20.4 Å². The van der Waals surface area contributed by atoms with E-state index in [9.17, 15) is 13.8 Å². The normalized spacial score (nSPS) is 11.9. The van der Waals surface area contributed by atoms with Crippen molar-refractivity contribution in [2.24, 2.45) is 0 Å². The minimum atomic E-state index is -1.14. The molecule has 0 saturated carbocycles. The molecule has 1 aromatic carbocycles. The molecule has 0 aliphatic rings. The van der Waals surface area contributed by atoms with E-state index in [1.54, 1.807) is 19.1 Å². The van der Waals surface area contributed by atoms with Crippen molar-refractivity contribution in [1.82, 2.24) is 4.90 Å². The van der Waals surface area contributed by atoms with Gasteiger partial charge >= 0.3 is 5.97 Å². The first-order valence-corrected chi connectivity index (χ1v) is 8.68. The van der Waals surface area contributed by atoms with Gasteiger partial charge in [0.25, 0.3) is 0 Å². The van der Waals surface area contributed by atoms with Crippen molar-refractivity contribution in [1.29, 1.82) is 0 Å². The van der Waals surface area contributed by atoms with Crippen molar-refractivity contribution in [2.75, 3.05) is 18.8 Å². The lowest BCUT2D eigenvalue weighted by molar-refractivity contribution is -0.144. The van der Waals surface area contributed by atoms with Gasteiger partial charge in [0.1, 0.15) is 6.54 Å². The molecule has 0 aliphatic heterocycles. The first-order chi connectivity index (χ1) is 9.93. The number of nitrogens with zero attached hydrogens (tertiary/aromatic N) is 1. The lowest BCUT2D eigenvalue weighted by Crippen LogP contribution is -2.35. The highest BCUT2D eigenvalue weighted by molar-refractivity contribution is 9.10. The number of aliphatic carboxylic acids is 1. The Labute approximate surface area is 134 Å². The van der Waals surface area contributed by atoms with Gasteiger partial charge in [-0.3, -0.25) is 13.8 Å². The molecule has 7 heteroatoms. The monoisotopic (exact) mass is 375 g/mol. The zero-order valence-corrected chi connectivity index (χ0v) is 14.2. The van der Waals surface area contributed by atoms with E-state index in [0.29, 0.717) is 18.7 Å². The Morgan fingerprint density at radius 1 is 1.29 bits per heavy atom. The second kappa shape index (κ2) is 8.94. The molecule has 1 N–H and O–H groups in total. The summed E-state index contributed by atoms with van der Waals surface area (Å²) in [5.41, 5.74) is 0. The van der Waals surface area contributed by atoms with Gasteiger partial charge in [0.2, 0.25) is 5.91 Å². The van der Waals surface area contributed by atoms with Crippen molar-refractivity contribution in [2.45, 2.75) is 24.7 Å². The summed E-state index contributed by atoms with van der Waals surface area (Å²) >= 11 is 3.31. The number of hydrogen-bond acceptors (Lipinski definition) is 3. The number of benzene rings is 1. The summed E-state index contributed by atoms with van der Waals surface area (Å²) in [5.74, 6) is -0.853. The van der Waals surface area contributed by atoms with Gasteiger partial charge < -0.3 is 10.0 Å². The fourth-order valence-electron chi connectivity index (χ4n) is 1.76. The highest BCUT2D eigenvalue weighted by atomic mass is 79.9. The van der Waals surface area contributed by atoms with Crippen molar-refractivity contribution in [3.8, 4) is 0 Å². The molecule has 1 atom stereocenters. The fraction of sp³-hybridized carbons (Fsp3) is 0.429. The molecule has 0 bridgehead atoms. The van der Waals surface area contributed by atoms with Gasteiger partial charge in [-0.2, -0.15) is 0 Å². The summed E-state index contributed by atoms with van der Waals surface area (Å²) < 4.78 is 13.0. The van der Waals surface area contributed by atoms with Gasteiger partial charge in [0, 0.05) is 28.1 Å². The molecule has 0 aromatic heterocycles. The summed E-state index contributed by atoms with van der Waals surface area (Å²) in [6, 6.07) is 7.21. The molecule has 0 aliphatic carbocycles. The fourth-order valence-corrected chi connectivity index (χ4v) is 3.10. The second-order valence-corrected chi connectivity index (χ2v) is 6.90. The number of amides is 1. The van der Waals surface area contributed by atoms with Gasteiger partial charge in [-0.05, 0) is 37.6 Å². The lowest BCUT2D eigenvalue weighted by atomic mass is 10.3. The van der Waals surface area contributed by atoms with Gasteiger partial charge in [-0.15, -0.1) is 0 Å². The van der Waals surface area contributed by atoms with E-state index < -0.39 is 16.8 Å². The van der Waals surface area contributed by atoms with Crippen LogP contribution in [0.1, 0.15) is 19.8 Å². The quantitative estimate of drug-likeness (QED) is 0.755. The SMILES string of the molecule is CCN(CC(=O)O)C(=O)CCCS(=O)c1ccc(Br)cc1. The van der Waals surface area contributed by atoms with Crippen LogP contribution in [0.15, 0.2) is 33.6 Å². The summed E-state index contributed by atoms with van der Waals surface area (Å²) in [4.78, 5) is 24.5. The number of carbonyl (C=O) groups excluding carboxylic acids is 1. The number of hydrogen-bond donors (Lipinski definition) is 1. The van der Waals surface area contributed by atoms with Crippen LogP contribution in [-0.4, -0.2) is 44.9 Å². The van der Waals surface area contributed by atoms with E-state index in [4.69, 9.17) is 5.11 Å². The number of rotatable bonds is 8. The molecule has 1 aromatic rings. The smallest absolute Gasteiger partial charge is 0.323 e. The third-order valence-electron chi connectivity index (χ3n) is 2.86. The summed E-state index contributed by atoms with van der Waals surface area (Å²) in [5, 5.41) is 8.70. The predicted octanol–water partition coefficient (Wildman–Crippen LogP) is 2.27. The van der Waals surface area contributed by atoms with E-state index >= 15 is 0 Å². The topological polar surface area (TPSA) is 74.7 Å². The molecule has 0 radical (unpaired) electrons. The molecule has 21 heavy (non-hydrogen) atoms. The molecule has 0 heterocycles. The van der Waals surface area contributed by atoms with Crippen molar-refractivity contribution >= 4 is 38.6 Å². The van der Waals surface area contributed by atoms with Crippen LogP contribution in [0.2, 0.25) is 0 Å². The Balaban J connectivity index is 2.41. The molecular formula is C14H18BrNO4S. The Morgan fingerprint density at radius 2 is 1.90 bits per heavy atom. The van der Waals surface area contributed by atoms with Crippen LogP contribution in [0, 0.1) is 0 Å². The minimum Gasteiger partial charge on any atom is -0.480 e. The maximum atomic E-state index is 12.0. The first kappa shape index (κ1) is 17.8. The molecule has 1 unspecified atom stereocenters. The van der Waals surface area contributed by atoms with Crippen LogP contribution < -0.4 is 0 Å². The molecule has 0 saturated heterocycles. The average molecular weight is 376 g/mol. The molecule has 5 nitrogen and oxygen atoms in total. The van der Waals surface area contributed by atoms with Crippen molar-refractivity contribution < 1.29 is 18.9 Å². The maximum absolute atomic E-state index is 12.0. The number of halogens is 1. The molecule has 1 amide bonds. The Kier molecular flexibility index (Phi) is 7.60. The Hall–Kier alpha value is -1.21. The van der Waals surface area contributed by atoms with Crippen molar-refractivity contribution in [3.63, 3.8) is 0 Å². The average Bonchev–Trinajstić information content (AvgIpc) is 2.44. The van der Waals surface area contributed by atoms with Crippen LogP contribution in [0.5, 0.6) is 0 Å². The number of carboxylic acids is 1. The van der Waals surface area contributed by atoms with Crippen molar-refractivity contribution in [3.05, 3.63) is 28.7 Å². The van der Waals surface area contributed by atoms with E-state index in [-0.39, 0.29) is 18.9 Å².